The zero-order valence-corrected chi connectivity index (χ0v) is 18.3. The number of carbonyl (C=O) groups is 1. The predicted molar refractivity (Wildman–Crippen MR) is 124 cm³/mol. The first-order chi connectivity index (χ1) is 15.4. The average Bonchev–Trinajstić information content (AvgIpc) is 2.80. The third-order valence-corrected chi connectivity index (χ3v) is 5.82. The highest BCUT2D eigenvalue weighted by Gasteiger charge is 2.27. The molecule has 2 aromatic carbocycles. The number of halogens is 1. The van der Waals surface area contributed by atoms with Crippen LogP contribution in [-0.2, 0) is 4.79 Å². The molecule has 1 aliphatic heterocycles. The smallest absolute Gasteiger partial charge is 0.271 e. The second-order valence-electron chi connectivity index (χ2n) is 8.47. The molecule has 166 valence electrons. The van der Waals surface area contributed by atoms with E-state index in [1.807, 2.05) is 29.2 Å². The van der Waals surface area contributed by atoms with Gasteiger partial charge in [0.25, 0.3) is 5.56 Å². The number of hydrogen-bond acceptors (Lipinski definition) is 4. The summed E-state index contributed by atoms with van der Waals surface area (Å²) in [6.45, 7) is 5.54. The molecule has 0 saturated carbocycles. The summed E-state index contributed by atoms with van der Waals surface area (Å²) in [5.74, 6) is 0.493. The molecule has 0 unspecified atom stereocenters. The maximum atomic E-state index is 13.2. The highest BCUT2D eigenvalue weighted by molar-refractivity contribution is 5.93. The molecule has 0 bridgehead atoms. The first-order valence-electron chi connectivity index (χ1n) is 10.9. The molecular weight excluding hydrogens is 407 g/mol. The fourth-order valence-electron chi connectivity index (χ4n) is 3.93. The molecule has 1 aromatic heterocycles. The molecule has 7 heteroatoms. The van der Waals surface area contributed by atoms with Crippen molar-refractivity contribution in [1.29, 1.82) is 0 Å². The molecule has 1 atom stereocenters. The van der Waals surface area contributed by atoms with Crippen LogP contribution in [0.15, 0.2) is 65.5 Å². The molecule has 0 spiro atoms. The summed E-state index contributed by atoms with van der Waals surface area (Å²) in [5, 5.41) is 7.50. The molecule has 1 N–H and O–H groups in total. The van der Waals surface area contributed by atoms with Crippen LogP contribution in [0.3, 0.4) is 0 Å². The number of amides is 1. The average molecular weight is 435 g/mol. The molecule has 1 amide bonds. The highest BCUT2D eigenvalue weighted by Crippen LogP contribution is 2.23. The Morgan fingerprint density at radius 2 is 1.78 bits per heavy atom. The fraction of sp³-hybridized carbons (Fsp3) is 0.320. The van der Waals surface area contributed by atoms with Crippen LogP contribution in [0.5, 0.6) is 0 Å². The van der Waals surface area contributed by atoms with Gasteiger partial charge in [-0.1, -0.05) is 26.0 Å². The molecule has 32 heavy (non-hydrogen) atoms. The molecule has 3 aromatic rings. The van der Waals surface area contributed by atoms with Crippen LogP contribution in [0.25, 0.3) is 5.69 Å². The topological polar surface area (TPSA) is 67.2 Å². The van der Waals surface area contributed by atoms with Crippen molar-refractivity contribution in [2.24, 2.45) is 5.92 Å². The standard InChI is InChI=1S/C25H27FN4O2/c1-17(2)18-5-9-21(10-6-18)27-25(32)19-4-3-15-29(16-19)23-13-14-24(31)30(28-23)22-11-7-20(26)8-12-22/h5-14,17,19H,3-4,15-16H2,1-2H3,(H,27,32)/t19-/m1/s1. The number of rotatable bonds is 5. The molecule has 0 radical (unpaired) electrons. The van der Waals surface area contributed by atoms with Crippen molar-refractivity contribution in [1.82, 2.24) is 9.78 Å². The quantitative estimate of drug-likeness (QED) is 0.648. The van der Waals surface area contributed by atoms with E-state index in [9.17, 15) is 14.0 Å². The minimum absolute atomic E-state index is 0.0150. The van der Waals surface area contributed by atoms with Crippen molar-refractivity contribution < 1.29 is 9.18 Å². The van der Waals surface area contributed by atoms with Crippen LogP contribution in [0, 0.1) is 11.7 Å². The van der Waals surface area contributed by atoms with Crippen LogP contribution in [0.2, 0.25) is 0 Å². The Balaban J connectivity index is 1.47. The van der Waals surface area contributed by atoms with Gasteiger partial charge >= 0.3 is 0 Å². The third kappa shape index (κ3) is 4.88. The van der Waals surface area contributed by atoms with Gasteiger partial charge in [-0.3, -0.25) is 9.59 Å². The Kier molecular flexibility index (Phi) is 6.35. The Morgan fingerprint density at radius 1 is 1.06 bits per heavy atom. The van der Waals surface area contributed by atoms with E-state index in [4.69, 9.17) is 0 Å². The van der Waals surface area contributed by atoms with Crippen LogP contribution in [0.1, 0.15) is 38.2 Å². The lowest BCUT2D eigenvalue weighted by molar-refractivity contribution is -0.120. The summed E-state index contributed by atoms with van der Waals surface area (Å²) >= 11 is 0. The van der Waals surface area contributed by atoms with Gasteiger partial charge in [0.1, 0.15) is 11.6 Å². The molecule has 2 heterocycles. The van der Waals surface area contributed by atoms with E-state index in [1.54, 1.807) is 6.07 Å². The molecule has 6 nitrogen and oxygen atoms in total. The Hall–Kier alpha value is -3.48. The molecule has 1 fully saturated rings. The molecular formula is C25H27FN4O2. The van der Waals surface area contributed by atoms with Crippen molar-refractivity contribution in [3.63, 3.8) is 0 Å². The molecule has 1 aliphatic rings. The second-order valence-corrected chi connectivity index (χ2v) is 8.47. The Labute approximate surface area is 186 Å². The minimum atomic E-state index is -0.373. The highest BCUT2D eigenvalue weighted by atomic mass is 19.1. The summed E-state index contributed by atoms with van der Waals surface area (Å²) in [6, 6.07) is 16.7. The second kappa shape index (κ2) is 9.34. The largest absolute Gasteiger partial charge is 0.354 e. The molecule has 1 saturated heterocycles. The van der Waals surface area contributed by atoms with Crippen molar-refractivity contribution in [2.75, 3.05) is 23.3 Å². The number of benzene rings is 2. The van der Waals surface area contributed by atoms with Crippen molar-refractivity contribution >= 4 is 17.4 Å². The maximum Gasteiger partial charge on any atom is 0.271 e. The van der Waals surface area contributed by atoms with Gasteiger partial charge < -0.3 is 10.2 Å². The van der Waals surface area contributed by atoms with E-state index in [-0.39, 0.29) is 23.2 Å². The lowest BCUT2D eigenvalue weighted by atomic mass is 9.97. The number of nitrogens with one attached hydrogen (secondary N) is 1. The summed E-state index contributed by atoms with van der Waals surface area (Å²) in [6.07, 6.45) is 1.64. The van der Waals surface area contributed by atoms with Crippen LogP contribution in [0.4, 0.5) is 15.9 Å². The lowest BCUT2D eigenvalue weighted by Gasteiger charge is -2.33. The normalized spacial score (nSPS) is 16.2. The van der Waals surface area contributed by atoms with Crippen LogP contribution < -0.4 is 15.8 Å². The van der Waals surface area contributed by atoms with Gasteiger partial charge in [-0.05, 0) is 66.8 Å². The Morgan fingerprint density at radius 3 is 2.47 bits per heavy atom. The first kappa shape index (κ1) is 21.7. The Bertz CT molecular complexity index is 1140. The number of aromatic nitrogens is 2. The van der Waals surface area contributed by atoms with Gasteiger partial charge in [-0.15, -0.1) is 5.10 Å². The monoisotopic (exact) mass is 434 g/mol. The van der Waals surface area contributed by atoms with E-state index in [0.29, 0.717) is 24.0 Å². The van der Waals surface area contributed by atoms with Crippen molar-refractivity contribution in [2.45, 2.75) is 32.6 Å². The van der Waals surface area contributed by atoms with E-state index >= 15 is 0 Å². The number of carbonyl (C=O) groups excluding carboxylic acids is 1. The van der Waals surface area contributed by atoms with Gasteiger partial charge in [-0.25, -0.2) is 4.39 Å². The molecule has 0 aliphatic carbocycles. The maximum absolute atomic E-state index is 13.2. The SMILES string of the molecule is CC(C)c1ccc(NC(=O)[C@@H]2CCCN(c3ccc(=O)n(-c4ccc(F)cc4)n3)C2)cc1. The predicted octanol–water partition coefficient (Wildman–Crippen LogP) is 4.35. The van der Waals surface area contributed by atoms with E-state index < -0.39 is 0 Å². The minimum Gasteiger partial charge on any atom is -0.354 e. The van der Waals surface area contributed by atoms with Crippen molar-refractivity contribution in [3.8, 4) is 5.69 Å². The van der Waals surface area contributed by atoms with Crippen LogP contribution >= 0.6 is 0 Å². The fourth-order valence-corrected chi connectivity index (χ4v) is 3.93. The summed E-state index contributed by atoms with van der Waals surface area (Å²) in [7, 11) is 0. The summed E-state index contributed by atoms with van der Waals surface area (Å²) < 4.78 is 14.5. The first-order valence-corrected chi connectivity index (χ1v) is 10.9. The zero-order chi connectivity index (χ0) is 22.7. The van der Waals surface area contributed by atoms with Gasteiger partial charge in [0.15, 0.2) is 0 Å². The van der Waals surface area contributed by atoms with Gasteiger partial charge in [0.2, 0.25) is 5.91 Å². The number of hydrogen-bond donors (Lipinski definition) is 1. The number of piperidine rings is 1. The summed E-state index contributed by atoms with van der Waals surface area (Å²) in [5.41, 5.74) is 2.22. The number of anilines is 2. The zero-order valence-electron chi connectivity index (χ0n) is 18.3. The van der Waals surface area contributed by atoms with E-state index in [2.05, 4.69) is 24.3 Å². The van der Waals surface area contributed by atoms with Gasteiger partial charge in [0, 0.05) is 24.8 Å². The van der Waals surface area contributed by atoms with Crippen molar-refractivity contribution in [3.05, 3.63) is 82.4 Å². The number of nitrogens with zero attached hydrogens (tertiary/aromatic N) is 3. The summed E-state index contributed by atoms with van der Waals surface area (Å²) in [4.78, 5) is 27.2. The van der Waals surface area contributed by atoms with Crippen LogP contribution in [-0.4, -0.2) is 28.8 Å². The van der Waals surface area contributed by atoms with Gasteiger partial charge in [0.05, 0.1) is 11.6 Å². The third-order valence-electron chi connectivity index (χ3n) is 5.82. The van der Waals surface area contributed by atoms with Gasteiger partial charge in [-0.2, -0.15) is 4.68 Å². The molecule has 4 rings (SSSR count). The van der Waals surface area contributed by atoms with E-state index in [0.717, 1.165) is 25.1 Å². The van der Waals surface area contributed by atoms with E-state index in [1.165, 1.54) is 40.6 Å². The lowest BCUT2D eigenvalue weighted by Crippen LogP contribution is -2.41.